The molecule has 0 aliphatic heterocycles. The number of pyridine rings is 1. The number of hydrogen-bond donors (Lipinski definition) is 0. The SMILES string of the molecule is C=CCN=c1scc(-c2ccc(C)c(C)c2)n1N=C(C)c1ccncc1. The molecule has 0 atom stereocenters. The number of aryl methyl sites for hydroxylation is 2. The van der Waals surface area contributed by atoms with Crippen molar-refractivity contribution in [3.05, 3.63) is 82.3 Å². The standard InChI is InChI=1S/C21H22N4S/c1-5-10-23-21-25(24-17(4)18-8-11-22-12-9-18)20(14-26-21)19-7-6-15(2)16(3)13-19/h5-9,11-14H,1,10H2,2-4H3. The predicted octanol–water partition coefficient (Wildman–Crippen LogP) is 4.59. The van der Waals surface area contributed by atoms with Crippen molar-refractivity contribution in [2.24, 2.45) is 10.1 Å². The maximum Gasteiger partial charge on any atom is 0.206 e. The number of hydrogen-bond acceptors (Lipinski definition) is 4. The second kappa shape index (κ2) is 8.06. The number of benzene rings is 1. The van der Waals surface area contributed by atoms with Crippen molar-refractivity contribution in [2.45, 2.75) is 20.8 Å². The van der Waals surface area contributed by atoms with Crippen LogP contribution in [0.2, 0.25) is 0 Å². The molecule has 5 heteroatoms. The van der Waals surface area contributed by atoms with Gasteiger partial charge < -0.3 is 0 Å². The van der Waals surface area contributed by atoms with Crippen LogP contribution in [0.25, 0.3) is 11.3 Å². The third-order valence-electron chi connectivity index (χ3n) is 4.19. The van der Waals surface area contributed by atoms with Gasteiger partial charge in [0.05, 0.1) is 18.0 Å². The van der Waals surface area contributed by atoms with Gasteiger partial charge in [0.25, 0.3) is 0 Å². The second-order valence-corrected chi connectivity index (χ2v) is 6.90. The first kappa shape index (κ1) is 18.0. The molecule has 3 rings (SSSR count). The Morgan fingerprint density at radius 3 is 2.65 bits per heavy atom. The number of thiazole rings is 1. The summed E-state index contributed by atoms with van der Waals surface area (Å²) in [5.74, 6) is 0. The molecule has 2 heterocycles. The van der Waals surface area contributed by atoms with Gasteiger partial charge in [-0.15, -0.1) is 17.9 Å². The quantitative estimate of drug-likeness (QED) is 0.483. The maximum absolute atomic E-state index is 4.86. The van der Waals surface area contributed by atoms with Crippen LogP contribution < -0.4 is 4.80 Å². The fourth-order valence-corrected chi connectivity index (χ4v) is 3.39. The lowest BCUT2D eigenvalue weighted by Crippen LogP contribution is -2.14. The molecule has 0 spiro atoms. The highest BCUT2D eigenvalue weighted by Crippen LogP contribution is 2.23. The molecule has 0 saturated heterocycles. The molecule has 132 valence electrons. The van der Waals surface area contributed by atoms with Crippen LogP contribution in [-0.2, 0) is 0 Å². The first-order chi connectivity index (χ1) is 12.6. The fourth-order valence-electron chi connectivity index (χ4n) is 2.55. The van der Waals surface area contributed by atoms with Gasteiger partial charge in [-0.2, -0.15) is 5.10 Å². The topological polar surface area (TPSA) is 42.5 Å². The van der Waals surface area contributed by atoms with E-state index in [4.69, 9.17) is 5.10 Å². The molecular weight excluding hydrogens is 340 g/mol. The van der Waals surface area contributed by atoms with E-state index in [0.717, 1.165) is 27.3 Å². The molecule has 0 fully saturated rings. The fraction of sp³-hybridized carbons (Fsp3) is 0.190. The summed E-state index contributed by atoms with van der Waals surface area (Å²) in [4.78, 5) is 9.53. The summed E-state index contributed by atoms with van der Waals surface area (Å²) in [6.45, 7) is 10.6. The molecule has 0 unspecified atom stereocenters. The molecule has 0 bridgehead atoms. The van der Waals surface area contributed by atoms with Crippen LogP contribution in [0.15, 0.2) is 70.9 Å². The Morgan fingerprint density at radius 2 is 1.96 bits per heavy atom. The third-order valence-corrected chi connectivity index (χ3v) is 5.05. The zero-order valence-electron chi connectivity index (χ0n) is 15.3. The molecule has 0 N–H and O–H groups in total. The lowest BCUT2D eigenvalue weighted by atomic mass is 10.1. The molecule has 0 saturated carbocycles. The zero-order chi connectivity index (χ0) is 18.5. The Bertz CT molecular complexity index is 1010. The summed E-state index contributed by atoms with van der Waals surface area (Å²) >= 11 is 1.59. The smallest absolute Gasteiger partial charge is 0.206 e. The van der Waals surface area contributed by atoms with E-state index in [1.165, 1.54) is 11.1 Å². The lowest BCUT2D eigenvalue weighted by molar-refractivity contribution is 0.834. The van der Waals surface area contributed by atoms with Crippen LogP contribution in [0.1, 0.15) is 23.6 Å². The molecule has 0 amide bonds. The Morgan fingerprint density at radius 1 is 1.19 bits per heavy atom. The van der Waals surface area contributed by atoms with Crippen LogP contribution in [0.5, 0.6) is 0 Å². The van der Waals surface area contributed by atoms with Crippen molar-refractivity contribution >= 4 is 17.0 Å². The van der Waals surface area contributed by atoms with Crippen molar-refractivity contribution in [3.8, 4) is 11.3 Å². The van der Waals surface area contributed by atoms with Crippen molar-refractivity contribution in [2.75, 3.05) is 6.54 Å². The van der Waals surface area contributed by atoms with E-state index in [0.29, 0.717) is 6.54 Å². The Hall–Kier alpha value is -2.79. The highest BCUT2D eigenvalue weighted by atomic mass is 32.1. The molecule has 26 heavy (non-hydrogen) atoms. The molecule has 0 aliphatic rings. The maximum atomic E-state index is 4.86. The van der Waals surface area contributed by atoms with Gasteiger partial charge >= 0.3 is 0 Å². The third kappa shape index (κ3) is 3.89. The van der Waals surface area contributed by atoms with E-state index in [9.17, 15) is 0 Å². The van der Waals surface area contributed by atoms with Gasteiger partial charge in [0.2, 0.25) is 4.80 Å². The minimum Gasteiger partial charge on any atom is -0.265 e. The number of aromatic nitrogens is 2. The zero-order valence-corrected chi connectivity index (χ0v) is 16.1. The number of rotatable bonds is 5. The van der Waals surface area contributed by atoms with Crippen molar-refractivity contribution in [3.63, 3.8) is 0 Å². The first-order valence-electron chi connectivity index (χ1n) is 8.45. The average Bonchev–Trinajstić information content (AvgIpc) is 3.05. The highest BCUT2D eigenvalue weighted by Gasteiger charge is 2.09. The van der Waals surface area contributed by atoms with E-state index < -0.39 is 0 Å². The van der Waals surface area contributed by atoms with E-state index in [-0.39, 0.29) is 0 Å². The van der Waals surface area contributed by atoms with Gasteiger partial charge in [-0.25, -0.2) is 4.68 Å². The van der Waals surface area contributed by atoms with Crippen molar-refractivity contribution in [1.29, 1.82) is 0 Å². The summed E-state index contributed by atoms with van der Waals surface area (Å²) in [5.41, 5.74) is 6.67. The lowest BCUT2D eigenvalue weighted by Gasteiger charge is -2.08. The normalized spacial score (nSPS) is 12.4. The van der Waals surface area contributed by atoms with Gasteiger partial charge in [0.1, 0.15) is 0 Å². The molecule has 4 nitrogen and oxygen atoms in total. The Labute approximate surface area is 157 Å². The van der Waals surface area contributed by atoms with Gasteiger partial charge in [-0.3, -0.25) is 9.98 Å². The summed E-state index contributed by atoms with van der Waals surface area (Å²) in [5, 5.41) is 6.96. The minimum atomic E-state index is 0.566. The minimum absolute atomic E-state index is 0.566. The van der Waals surface area contributed by atoms with Gasteiger partial charge in [0, 0.05) is 28.9 Å². The summed E-state index contributed by atoms with van der Waals surface area (Å²) < 4.78 is 1.92. The van der Waals surface area contributed by atoms with E-state index in [1.54, 1.807) is 29.8 Å². The predicted molar refractivity (Wildman–Crippen MR) is 110 cm³/mol. The van der Waals surface area contributed by atoms with Crippen LogP contribution in [-0.4, -0.2) is 21.9 Å². The molecule has 3 aromatic rings. The monoisotopic (exact) mass is 362 g/mol. The van der Waals surface area contributed by atoms with Crippen LogP contribution in [0.3, 0.4) is 0 Å². The molecule has 0 radical (unpaired) electrons. The van der Waals surface area contributed by atoms with Gasteiger partial charge in [0.15, 0.2) is 0 Å². The summed E-state index contributed by atoms with van der Waals surface area (Å²) in [7, 11) is 0. The van der Waals surface area contributed by atoms with Crippen molar-refractivity contribution < 1.29 is 0 Å². The van der Waals surface area contributed by atoms with Crippen LogP contribution in [0, 0.1) is 13.8 Å². The van der Waals surface area contributed by atoms with Gasteiger partial charge in [-0.05, 0) is 50.1 Å². The average molecular weight is 363 g/mol. The van der Waals surface area contributed by atoms with Crippen LogP contribution in [0.4, 0.5) is 0 Å². The molecule has 0 aliphatic carbocycles. The van der Waals surface area contributed by atoms with Crippen LogP contribution >= 0.6 is 11.3 Å². The molecule has 1 aromatic carbocycles. The first-order valence-corrected chi connectivity index (χ1v) is 9.33. The van der Waals surface area contributed by atoms with E-state index >= 15 is 0 Å². The Balaban J connectivity index is 2.16. The largest absolute Gasteiger partial charge is 0.265 e. The number of nitrogens with zero attached hydrogens (tertiary/aromatic N) is 4. The summed E-state index contributed by atoms with van der Waals surface area (Å²) in [6, 6.07) is 10.4. The molecule has 2 aromatic heterocycles. The van der Waals surface area contributed by atoms with Gasteiger partial charge in [-0.1, -0.05) is 18.2 Å². The Kier molecular flexibility index (Phi) is 5.58. The highest BCUT2D eigenvalue weighted by molar-refractivity contribution is 7.07. The summed E-state index contributed by atoms with van der Waals surface area (Å²) in [6.07, 6.45) is 5.35. The molecular formula is C21H22N4S. The van der Waals surface area contributed by atoms with E-state index in [1.807, 2.05) is 23.7 Å². The second-order valence-electron chi connectivity index (χ2n) is 6.07. The van der Waals surface area contributed by atoms with E-state index in [2.05, 4.69) is 54.0 Å². The van der Waals surface area contributed by atoms with Crippen molar-refractivity contribution in [1.82, 2.24) is 9.66 Å².